The summed E-state index contributed by atoms with van der Waals surface area (Å²) in [5.74, 6) is -1.01. The van der Waals surface area contributed by atoms with Gasteiger partial charge in [0.05, 0.1) is 10.5 Å². The molecule has 0 atom stereocenters. The number of hydrazine groups is 1. The Morgan fingerprint density at radius 1 is 0.875 bits per heavy atom. The predicted octanol–water partition coefficient (Wildman–Crippen LogP) is 2.86. The van der Waals surface area contributed by atoms with E-state index in [-0.39, 0.29) is 16.5 Å². The Hall–Kier alpha value is -3.43. The first kappa shape index (κ1) is 23.2. The standard InChI is InChI=1S/C23H26N4O4S/c1-15(2)26-32(30,31)20-12-10-18(11-13-20)22(28)24-25-23(29)21-14-16(3)27(17(21)4)19-8-6-5-7-9-19/h5-15,26H,1-4H3,(H,24,28)(H,25,29). The van der Waals surface area contributed by atoms with Gasteiger partial charge in [0.15, 0.2) is 0 Å². The van der Waals surface area contributed by atoms with Crippen LogP contribution in [0.4, 0.5) is 0 Å². The van der Waals surface area contributed by atoms with Crippen molar-refractivity contribution in [2.24, 2.45) is 0 Å². The van der Waals surface area contributed by atoms with Crippen molar-refractivity contribution in [2.45, 2.75) is 38.6 Å². The van der Waals surface area contributed by atoms with E-state index in [0.717, 1.165) is 17.1 Å². The van der Waals surface area contributed by atoms with E-state index in [0.29, 0.717) is 5.56 Å². The number of carbonyl (C=O) groups excluding carboxylic acids is 2. The van der Waals surface area contributed by atoms with Gasteiger partial charge in [-0.25, -0.2) is 13.1 Å². The number of nitrogens with zero attached hydrogens (tertiary/aromatic N) is 1. The molecular formula is C23H26N4O4S. The SMILES string of the molecule is Cc1cc(C(=O)NNC(=O)c2ccc(S(=O)(=O)NC(C)C)cc2)c(C)n1-c1ccccc1. The summed E-state index contributed by atoms with van der Waals surface area (Å²) in [5.41, 5.74) is 8.01. The van der Waals surface area contributed by atoms with Crippen molar-refractivity contribution >= 4 is 21.8 Å². The van der Waals surface area contributed by atoms with Crippen molar-refractivity contribution < 1.29 is 18.0 Å². The Balaban J connectivity index is 1.69. The molecule has 2 aromatic carbocycles. The highest BCUT2D eigenvalue weighted by Gasteiger charge is 2.19. The van der Waals surface area contributed by atoms with Crippen molar-refractivity contribution in [3.8, 4) is 5.69 Å². The maximum absolute atomic E-state index is 12.7. The lowest BCUT2D eigenvalue weighted by Gasteiger charge is -2.11. The summed E-state index contributed by atoms with van der Waals surface area (Å²) >= 11 is 0. The van der Waals surface area contributed by atoms with Gasteiger partial charge in [0.2, 0.25) is 10.0 Å². The smallest absolute Gasteiger partial charge is 0.271 e. The molecular weight excluding hydrogens is 428 g/mol. The van der Waals surface area contributed by atoms with Crippen molar-refractivity contribution in [1.82, 2.24) is 20.1 Å². The van der Waals surface area contributed by atoms with Gasteiger partial charge < -0.3 is 4.57 Å². The molecule has 0 saturated carbocycles. The predicted molar refractivity (Wildman–Crippen MR) is 122 cm³/mol. The molecule has 3 aromatic rings. The van der Waals surface area contributed by atoms with Crippen LogP contribution in [0.15, 0.2) is 65.6 Å². The topological polar surface area (TPSA) is 109 Å². The van der Waals surface area contributed by atoms with E-state index in [1.165, 1.54) is 24.3 Å². The molecule has 0 aliphatic heterocycles. The van der Waals surface area contributed by atoms with E-state index in [1.807, 2.05) is 48.7 Å². The number of amides is 2. The number of hydrogen-bond donors (Lipinski definition) is 3. The van der Waals surface area contributed by atoms with Gasteiger partial charge in [-0.2, -0.15) is 0 Å². The lowest BCUT2D eigenvalue weighted by atomic mass is 10.2. The van der Waals surface area contributed by atoms with Crippen LogP contribution >= 0.6 is 0 Å². The second-order valence-corrected chi connectivity index (χ2v) is 9.38. The lowest BCUT2D eigenvalue weighted by Crippen LogP contribution is -2.41. The third kappa shape index (κ3) is 5.06. The summed E-state index contributed by atoms with van der Waals surface area (Å²) in [5, 5.41) is 0. The van der Waals surface area contributed by atoms with Crippen LogP contribution in [0.2, 0.25) is 0 Å². The second-order valence-electron chi connectivity index (χ2n) is 7.66. The summed E-state index contributed by atoms with van der Waals surface area (Å²) < 4.78 is 28.8. The number of rotatable bonds is 6. The fourth-order valence-corrected chi connectivity index (χ4v) is 4.63. The summed E-state index contributed by atoms with van der Waals surface area (Å²) in [7, 11) is -3.65. The molecule has 3 N–H and O–H groups in total. The molecule has 0 radical (unpaired) electrons. The average Bonchev–Trinajstić information content (AvgIpc) is 3.05. The number of para-hydroxylation sites is 1. The monoisotopic (exact) mass is 454 g/mol. The van der Waals surface area contributed by atoms with Crippen molar-refractivity contribution in [1.29, 1.82) is 0 Å². The molecule has 0 aliphatic carbocycles. The number of hydrogen-bond acceptors (Lipinski definition) is 4. The first-order valence-electron chi connectivity index (χ1n) is 10.1. The van der Waals surface area contributed by atoms with E-state index in [1.54, 1.807) is 19.9 Å². The Morgan fingerprint density at radius 2 is 1.47 bits per heavy atom. The molecule has 0 aliphatic rings. The Bertz CT molecular complexity index is 1230. The van der Waals surface area contributed by atoms with Gasteiger partial charge in [-0.3, -0.25) is 20.4 Å². The number of aromatic nitrogens is 1. The van der Waals surface area contributed by atoms with Gasteiger partial charge in [-0.15, -0.1) is 0 Å². The van der Waals surface area contributed by atoms with Gasteiger partial charge in [-0.1, -0.05) is 18.2 Å². The van der Waals surface area contributed by atoms with E-state index in [4.69, 9.17) is 0 Å². The number of nitrogens with one attached hydrogen (secondary N) is 3. The fourth-order valence-electron chi connectivity index (χ4n) is 3.38. The molecule has 0 spiro atoms. The maximum atomic E-state index is 12.7. The zero-order valence-corrected chi connectivity index (χ0v) is 19.2. The highest BCUT2D eigenvalue weighted by Crippen LogP contribution is 2.20. The minimum atomic E-state index is -3.65. The summed E-state index contributed by atoms with van der Waals surface area (Å²) in [6, 6.07) is 16.6. The Labute approximate surface area is 187 Å². The molecule has 0 fully saturated rings. The minimum Gasteiger partial charge on any atom is -0.318 e. The molecule has 1 heterocycles. The van der Waals surface area contributed by atoms with Gasteiger partial charge in [0.25, 0.3) is 11.8 Å². The van der Waals surface area contributed by atoms with Crippen molar-refractivity contribution in [2.75, 3.05) is 0 Å². The third-order valence-electron chi connectivity index (χ3n) is 4.80. The normalized spacial score (nSPS) is 11.4. The molecule has 0 saturated heterocycles. The van der Waals surface area contributed by atoms with Crippen LogP contribution in [-0.2, 0) is 10.0 Å². The van der Waals surface area contributed by atoms with Crippen LogP contribution in [-0.4, -0.2) is 30.8 Å². The van der Waals surface area contributed by atoms with Crippen molar-refractivity contribution in [3.05, 3.63) is 83.2 Å². The minimum absolute atomic E-state index is 0.0557. The summed E-state index contributed by atoms with van der Waals surface area (Å²) in [6.45, 7) is 7.18. The van der Waals surface area contributed by atoms with E-state index < -0.39 is 21.8 Å². The Morgan fingerprint density at radius 3 is 2.06 bits per heavy atom. The molecule has 9 heteroatoms. The molecule has 168 valence electrons. The summed E-state index contributed by atoms with van der Waals surface area (Å²) in [6.07, 6.45) is 0. The number of aryl methyl sites for hydroxylation is 1. The average molecular weight is 455 g/mol. The van der Waals surface area contributed by atoms with Crippen LogP contribution in [0.5, 0.6) is 0 Å². The third-order valence-corrected chi connectivity index (χ3v) is 6.47. The number of benzene rings is 2. The van der Waals surface area contributed by atoms with Gasteiger partial charge in [0, 0.05) is 28.7 Å². The quantitative estimate of drug-likeness (QED) is 0.498. The first-order chi connectivity index (χ1) is 15.1. The summed E-state index contributed by atoms with van der Waals surface area (Å²) in [4.78, 5) is 25.1. The van der Waals surface area contributed by atoms with Crippen molar-refractivity contribution in [3.63, 3.8) is 0 Å². The number of sulfonamides is 1. The highest BCUT2D eigenvalue weighted by molar-refractivity contribution is 7.89. The Kier molecular flexibility index (Phi) is 6.81. The first-order valence-corrected chi connectivity index (χ1v) is 11.6. The van der Waals surface area contributed by atoms with Crippen LogP contribution in [0.25, 0.3) is 5.69 Å². The van der Waals surface area contributed by atoms with Crippen LogP contribution in [0.3, 0.4) is 0 Å². The van der Waals surface area contributed by atoms with Crippen LogP contribution in [0.1, 0.15) is 46.0 Å². The van der Waals surface area contributed by atoms with Gasteiger partial charge in [-0.05, 0) is 70.2 Å². The van der Waals surface area contributed by atoms with E-state index in [9.17, 15) is 18.0 Å². The second kappa shape index (κ2) is 9.37. The number of carbonyl (C=O) groups is 2. The molecule has 2 amide bonds. The lowest BCUT2D eigenvalue weighted by molar-refractivity contribution is 0.0846. The molecule has 32 heavy (non-hydrogen) atoms. The largest absolute Gasteiger partial charge is 0.318 e. The highest BCUT2D eigenvalue weighted by atomic mass is 32.2. The fraction of sp³-hybridized carbons (Fsp3) is 0.217. The molecule has 3 rings (SSSR count). The van der Waals surface area contributed by atoms with E-state index >= 15 is 0 Å². The molecule has 0 bridgehead atoms. The zero-order valence-electron chi connectivity index (χ0n) is 18.3. The molecule has 0 unspecified atom stereocenters. The van der Waals surface area contributed by atoms with Crippen LogP contribution in [0, 0.1) is 13.8 Å². The molecule has 1 aromatic heterocycles. The molecule has 8 nitrogen and oxygen atoms in total. The van der Waals surface area contributed by atoms with E-state index in [2.05, 4.69) is 15.6 Å². The zero-order chi connectivity index (χ0) is 23.5. The van der Waals surface area contributed by atoms with Gasteiger partial charge >= 0.3 is 0 Å². The van der Waals surface area contributed by atoms with Gasteiger partial charge in [0.1, 0.15) is 0 Å². The maximum Gasteiger partial charge on any atom is 0.271 e. The van der Waals surface area contributed by atoms with Crippen LogP contribution < -0.4 is 15.6 Å².